The van der Waals surface area contributed by atoms with Gasteiger partial charge in [0.25, 0.3) is 5.56 Å². The number of rotatable bonds is 4. The van der Waals surface area contributed by atoms with E-state index in [-0.39, 0.29) is 34.8 Å². The average molecular weight is 388 g/mol. The highest BCUT2D eigenvalue weighted by Crippen LogP contribution is 2.22. The molecule has 0 aliphatic carbocycles. The number of sulfone groups is 1. The number of fused-ring (bicyclic) bond motifs is 1. The van der Waals surface area contributed by atoms with Gasteiger partial charge in [-0.3, -0.25) is 14.2 Å². The fourth-order valence-electron chi connectivity index (χ4n) is 2.62. The molecule has 0 saturated carbocycles. The van der Waals surface area contributed by atoms with Gasteiger partial charge < -0.3 is 4.90 Å². The van der Waals surface area contributed by atoms with Crippen molar-refractivity contribution in [2.75, 3.05) is 24.3 Å². The van der Waals surface area contributed by atoms with Crippen molar-refractivity contribution in [2.45, 2.75) is 17.6 Å². The van der Waals surface area contributed by atoms with Crippen LogP contribution in [0, 0.1) is 0 Å². The van der Waals surface area contributed by atoms with Gasteiger partial charge in [-0.25, -0.2) is 13.4 Å². The van der Waals surface area contributed by atoms with Gasteiger partial charge in [-0.1, -0.05) is 11.8 Å². The van der Waals surface area contributed by atoms with Crippen LogP contribution in [0.3, 0.4) is 0 Å². The Balaban J connectivity index is 1.70. The molecule has 1 amide bonds. The number of thiophene rings is 1. The molecule has 0 N–H and O–H groups in total. The molecule has 1 unspecified atom stereocenters. The van der Waals surface area contributed by atoms with E-state index in [9.17, 15) is 18.0 Å². The van der Waals surface area contributed by atoms with E-state index in [1.54, 1.807) is 20.2 Å². The summed E-state index contributed by atoms with van der Waals surface area (Å²) < 4.78 is 24.5. The predicted octanol–water partition coefficient (Wildman–Crippen LogP) is 0.733. The van der Waals surface area contributed by atoms with Crippen LogP contribution in [0.2, 0.25) is 0 Å². The van der Waals surface area contributed by atoms with Gasteiger partial charge in [0.05, 0.1) is 22.6 Å². The van der Waals surface area contributed by atoms with Crippen molar-refractivity contribution < 1.29 is 13.2 Å². The summed E-state index contributed by atoms with van der Waals surface area (Å²) in [5, 5.41) is 2.87. The van der Waals surface area contributed by atoms with Crippen molar-refractivity contribution in [1.29, 1.82) is 0 Å². The van der Waals surface area contributed by atoms with E-state index in [0.717, 1.165) is 0 Å². The van der Waals surface area contributed by atoms with Crippen molar-refractivity contribution in [2.24, 2.45) is 7.05 Å². The van der Waals surface area contributed by atoms with Gasteiger partial charge in [0.15, 0.2) is 15.0 Å². The molecule has 0 radical (unpaired) electrons. The molecule has 0 spiro atoms. The Morgan fingerprint density at radius 2 is 2.29 bits per heavy atom. The number of thioether (sulfide) groups is 1. The van der Waals surface area contributed by atoms with Crippen LogP contribution < -0.4 is 5.56 Å². The molecule has 0 bridgehead atoms. The SMILES string of the molecule is CN(C(=O)CSc1nc2sccc2c(=O)n1C)C1CCS(=O)(=O)C1. The molecule has 0 aromatic carbocycles. The lowest BCUT2D eigenvalue weighted by Crippen LogP contribution is -2.39. The number of hydrogen-bond acceptors (Lipinski definition) is 7. The van der Waals surface area contributed by atoms with Crippen molar-refractivity contribution >= 4 is 49.1 Å². The van der Waals surface area contributed by atoms with Crippen LogP contribution in [0.25, 0.3) is 10.2 Å². The molecule has 10 heteroatoms. The first-order valence-corrected chi connectivity index (χ1v) is 11.0. The molecule has 1 atom stereocenters. The second kappa shape index (κ2) is 6.49. The monoisotopic (exact) mass is 387 g/mol. The topological polar surface area (TPSA) is 89.3 Å². The third-order valence-corrected chi connectivity index (χ3v) is 7.71. The summed E-state index contributed by atoms with van der Waals surface area (Å²) in [4.78, 5) is 31.1. The summed E-state index contributed by atoms with van der Waals surface area (Å²) in [7, 11) is 0.231. The number of carbonyl (C=O) groups is 1. The number of hydrogen-bond donors (Lipinski definition) is 0. The van der Waals surface area contributed by atoms with Gasteiger partial charge >= 0.3 is 0 Å². The van der Waals surface area contributed by atoms with Gasteiger partial charge in [-0.2, -0.15) is 0 Å². The maximum atomic E-state index is 12.3. The first-order valence-electron chi connectivity index (χ1n) is 7.31. The summed E-state index contributed by atoms with van der Waals surface area (Å²) in [5.41, 5.74) is -0.133. The lowest BCUT2D eigenvalue weighted by Gasteiger charge is -2.23. The molecule has 3 heterocycles. The summed E-state index contributed by atoms with van der Waals surface area (Å²) in [6, 6.07) is 1.48. The molecule has 2 aromatic rings. The molecule has 1 aliphatic heterocycles. The molecule has 1 fully saturated rings. The Hall–Kier alpha value is -1.39. The van der Waals surface area contributed by atoms with Gasteiger partial charge in [-0.05, 0) is 17.9 Å². The van der Waals surface area contributed by atoms with Crippen molar-refractivity contribution in [3.05, 3.63) is 21.8 Å². The van der Waals surface area contributed by atoms with Crippen LogP contribution in [-0.4, -0.2) is 59.1 Å². The van der Waals surface area contributed by atoms with Crippen LogP contribution in [0.4, 0.5) is 0 Å². The van der Waals surface area contributed by atoms with Gasteiger partial charge in [0.1, 0.15) is 4.83 Å². The molecular weight excluding hydrogens is 370 g/mol. The van der Waals surface area contributed by atoms with E-state index < -0.39 is 9.84 Å². The Kier molecular flexibility index (Phi) is 4.71. The quantitative estimate of drug-likeness (QED) is 0.568. The number of nitrogens with zero attached hydrogens (tertiary/aromatic N) is 3. The van der Waals surface area contributed by atoms with Crippen LogP contribution >= 0.6 is 23.1 Å². The van der Waals surface area contributed by atoms with Crippen LogP contribution in [-0.2, 0) is 21.7 Å². The fraction of sp³-hybridized carbons (Fsp3) is 0.500. The Morgan fingerprint density at radius 3 is 2.96 bits per heavy atom. The van der Waals surface area contributed by atoms with Gasteiger partial charge in [0.2, 0.25) is 5.91 Å². The summed E-state index contributed by atoms with van der Waals surface area (Å²) in [6.07, 6.45) is 0.479. The number of carbonyl (C=O) groups excluding carboxylic acids is 1. The zero-order chi connectivity index (χ0) is 17.5. The maximum Gasteiger partial charge on any atom is 0.262 e. The lowest BCUT2D eigenvalue weighted by molar-refractivity contribution is -0.128. The normalized spacial score (nSPS) is 19.7. The first kappa shape index (κ1) is 17.4. The second-order valence-corrected chi connectivity index (χ2v) is 9.81. The largest absolute Gasteiger partial charge is 0.341 e. The maximum absolute atomic E-state index is 12.3. The van der Waals surface area contributed by atoms with Gasteiger partial charge in [0, 0.05) is 20.1 Å². The summed E-state index contributed by atoms with van der Waals surface area (Å²) >= 11 is 2.58. The average Bonchev–Trinajstić information content (AvgIpc) is 3.14. The highest BCUT2D eigenvalue weighted by molar-refractivity contribution is 7.99. The highest BCUT2D eigenvalue weighted by atomic mass is 32.2. The fourth-order valence-corrected chi connectivity index (χ4v) is 6.10. The van der Waals surface area contributed by atoms with Crippen molar-refractivity contribution in [1.82, 2.24) is 14.5 Å². The zero-order valence-electron chi connectivity index (χ0n) is 13.3. The molecule has 2 aromatic heterocycles. The van der Waals surface area contributed by atoms with Crippen LogP contribution in [0.5, 0.6) is 0 Å². The van der Waals surface area contributed by atoms with E-state index in [4.69, 9.17) is 0 Å². The third kappa shape index (κ3) is 3.35. The van der Waals surface area contributed by atoms with E-state index >= 15 is 0 Å². The zero-order valence-corrected chi connectivity index (χ0v) is 15.7. The summed E-state index contributed by atoms with van der Waals surface area (Å²) in [5.74, 6) is 0.109. The molecule has 7 nitrogen and oxygen atoms in total. The standard InChI is InChI=1S/C14H17N3O4S3/c1-16(9-4-6-24(20,21)8-9)11(18)7-23-14-15-12-10(3-5-22-12)13(19)17(14)2/h3,5,9H,4,6-8H2,1-2H3. The first-order chi connectivity index (χ1) is 11.3. The smallest absolute Gasteiger partial charge is 0.262 e. The van der Waals surface area contributed by atoms with E-state index in [2.05, 4.69) is 4.98 Å². The van der Waals surface area contributed by atoms with Crippen molar-refractivity contribution in [3.63, 3.8) is 0 Å². The molecule has 130 valence electrons. The van der Waals surface area contributed by atoms with E-state index in [1.807, 2.05) is 5.38 Å². The van der Waals surface area contributed by atoms with Gasteiger partial charge in [-0.15, -0.1) is 11.3 Å². The third-order valence-electron chi connectivity index (χ3n) is 4.14. The molecule has 1 saturated heterocycles. The number of amides is 1. The Bertz CT molecular complexity index is 948. The van der Waals surface area contributed by atoms with Crippen molar-refractivity contribution in [3.8, 4) is 0 Å². The molecule has 24 heavy (non-hydrogen) atoms. The molecule has 1 aliphatic rings. The second-order valence-electron chi connectivity index (χ2n) is 5.75. The predicted molar refractivity (Wildman–Crippen MR) is 95.4 cm³/mol. The Morgan fingerprint density at radius 1 is 1.54 bits per heavy atom. The molecule has 3 rings (SSSR count). The van der Waals surface area contributed by atoms with Crippen LogP contribution in [0.1, 0.15) is 6.42 Å². The van der Waals surface area contributed by atoms with E-state index in [1.165, 1.54) is 32.6 Å². The highest BCUT2D eigenvalue weighted by Gasteiger charge is 2.32. The number of aromatic nitrogens is 2. The lowest BCUT2D eigenvalue weighted by atomic mass is 10.2. The van der Waals surface area contributed by atoms with Crippen LogP contribution in [0.15, 0.2) is 21.4 Å². The minimum absolute atomic E-state index is 0.0256. The summed E-state index contributed by atoms with van der Waals surface area (Å²) in [6.45, 7) is 0. The van der Waals surface area contributed by atoms with E-state index in [0.29, 0.717) is 21.8 Å². The Labute approximate surface area is 147 Å². The minimum atomic E-state index is -3.03. The molecular formula is C14H17N3O4S3. The minimum Gasteiger partial charge on any atom is -0.341 e.